The van der Waals surface area contributed by atoms with Gasteiger partial charge in [-0.1, -0.05) is 398 Å². The predicted molar refractivity (Wildman–Crippen MR) is 397 cm³/mol. The lowest BCUT2D eigenvalue weighted by Crippen LogP contribution is -2.40. The highest BCUT2D eigenvalue weighted by atomic mass is 16.7. The van der Waals surface area contributed by atoms with E-state index in [-0.39, 0.29) is 38.2 Å². The Morgan fingerprint density at radius 1 is 0.326 bits per heavy atom. The number of nitrogens with zero attached hydrogens (tertiary/aromatic N) is 1. The number of unbranched alkanes of at least 4 members (excludes halogenated alkanes) is 59. The van der Waals surface area contributed by atoms with Crippen molar-refractivity contribution in [1.82, 2.24) is 0 Å². The number of allylic oxidation sites excluding steroid dienone is 4. The number of esters is 2. The molecule has 0 heterocycles. The van der Waals surface area contributed by atoms with Crippen LogP contribution in [0, 0.1) is 0 Å². The molecule has 1 N–H and O–H groups in total. The quantitative estimate of drug-likeness (QED) is 0.0211. The van der Waals surface area contributed by atoms with Gasteiger partial charge in [-0.15, -0.1) is 0 Å². The lowest BCUT2D eigenvalue weighted by Gasteiger charge is -2.25. The van der Waals surface area contributed by atoms with Crippen LogP contribution in [0.3, 0.4) is 0 Å². The average molecular weight is 1300 g/mol. The maximum Gasteiger partial charge on any atom is 0.361 e. The third kappa shape index (κ3) is 75.2. The van der Waals surface area contributed by atoms with Gasteiger partial charge in [-0.3, -0.25) is 9.59 Å². The van der Waals surface area contributed by atoms with Gasteiger partial charge >= 0.3 is 17.9 Å². The van der Waals surface area contributed by atoms with Gasteiger partial charge in [-0.2, -0.15) is 0 Å². The number of ether oxygens (including phenoxy) is 4. The van der Waals surface area contributed by atoms with Crippen LogP contribution in [0.15, 0.2) is 24.3 Å². The van der Waals surface area contributed by atoms with Gasteiger partial charge in [0.1, 0.15) is 13.2 Å². The minimum absolute atomic E-state index is 0.175. The minimum atomic E-state index is -1.51. The summed E-state index contributed by atoms with van der Waals surface area (Å²) in [6, 6.07) is 0. The summed E-state index contributed by atoms with van der Waals surface area (Å²) >= 11 is 0. The molecule has 2 unspecified atom stereocenters. The summed E-state index contributed by atoms with van der Waals surface area (Å²) in [6.07, 6.45) is 92.1. The molecule has 0 aliphatic rings. The zero-order valence-corrected chi connectivity index (χ0v) is 62.5. The molecule has 0 aliphatic carbocycles. The number of carbonyl (C=O) groups excluding carboxylic acids is 2. The molecule has 0 aromatic heterocycles. The lowest BCUT2D eigenvalue weighted by atomic mass is 10.0. The third-order valence-corrected chi connectivity index (χ3v) is 19.0. The highest BCUT2D eigenvalue weighted by Crippen LogP contribution is 2.20. The van der Waals surface area contributed by atoms with E-state index in [0.717, 1.165) is 44.9 Å². The van der Waals surface area contributed by atoms with Crippen molar-refractivity contribution < 1.29 is 42.9 Å². The second-order valence-electron chi connectivity index (χ2n) is 29.4. The van der Waals surface area contributed by atoms with Gasteiger partial charge < -0.3 is 28.5 Å². The number of likely N-dealkylation sites (N-methyl/N-ethyl adjacent to an activating group) is 1. The van der Waals surface area contributed by atoms with E-state index in [1.54, 1.807) is 0 Å². The molecule has 9 heteroatoms. The molecular weight excluding hydrogens is 1140 g/mol. The fourth-order valence-corrected chi connectivity index (χ4v) is 12.7. The van der Waals surface area contributed by atoms with Gasteiger partial charge in [0.05, 0.1) is 34.4 Å². The Balaban J connectivity index is 3.91. The number of quaternary nitrogens is 1. The Kier molecular flexibility index (Phi) is 72.8. The van der Waals surface area contributed by atoms with Gasteiger partial charge in [-0.05, 0) is 44.9 Å². The molecule has 544 valence electrons. The van der Waals surface area contributed by atoms with Gasteiger partial charge in [0.25, 0.3) is 6.29 Å². The van der Waals surface area contributed by atoms with E-state index in [1.807, 2.05) is 21.1 Å². The second kappa shape index (κ2) is 74.6. The Hall–Kier alpha value is -2.23. The smallest absolute Gasteiger partial charge is 0.361 e. The molecule has 9 nitrogen and oxygen atoms in total. The van der Waals surface area contributed by atoms with Crippen LogP contribution < -0.4 is 0 Å². The van der Waals surface area contributed by atoms with Crippen molar-refractivity contribution in [3.05, 3.63) is 24.3 Å². The highest BCUT2D eigenvalue weighted by molar-refractivity contribution is 5.71. The monoisotopic (exact) mass is 1300 g/mol. The number of carboxylic acids is 1. The summed E-state index contributed by atoms with van der Waals surface area (Å²) in [5.41, 5.74) is 0. The molecule has 0 aliphatic heterocycles. The summed E-state index contributed by atoms with van der Waals surface area (Å²) in [6.45, 7) is 4.95. The van der Waals surface area contributed by atoms with Crippen LogP contribution in [0.2, 0.25) is 0 Å². The van der Waals surface area contributed by atoms with Crippen LogP contribution in [-0.4, -0.2) is 87.4 Å². The van der Waals surface area contributed by atoms with E-state index >= 15 is 0 Å². The molecule has 0 aromatic carbocycles. The Bertz CT molecular complexity index is 1560. The second-order valence-corrected chi connectivity index (χ2v) is 29.4. The number of rotatable bonds is 78. The van der Waals surface area contributed by atoms with Gasteiger partial charge in [0.15, 0.2) is 6.10 Å². The number of hydrogen-bond acceptors (Lipinski definition) is 7. The van der Waals surface area contributed by atoms with Crippen molar-refractivity contribution >= 4 is 17.9 Å². The van der Waals surface area contributed by atoms with E-state index in [2.05, 4.69) is 38.2 Å². The van der Waals surface area contributed by atoms with E-state index in [1.165, 1.54) is 360 Å². The van der Waals surface area contributed by atoms with Crippen LogP contribution in [0.5, 0.6) is 0 Å². The van der Waals surface area contributed by atoms with Crippen LogP contribution >= 0.6 is 0 Å². The molecule has 0 radical (unpaired) electrons. The summed E-state index contributed by atoms with van der Waals surface area (Å²) in [5, 5.41) is 9.77. The first-order chi connectivity index (χ1) is 45.1. The molecule has 0 amide bonds. The van der Waals surface area contributed by atoms with Crippen LogP contribution in [-0.2, 0) is 33.3 Å². The Morgan fingerprint density at radius 3 is 0.859 bits per heavy atom. The Labute approximate surface area is 573 Å². The fourth-order valence-electron chi connectivity index (χ4n) is 12.7. The van der Waals surface area contributed by atoms with Crippen molar-refractivity contribution in [2.24, 2.45) is 0 Å². The first-order valence-corrected chi connectivity index (χ1v) is 41.0. The van der Waals surface area contributed by atoms with Gasteiger partial charge in [-0.25, -0.2) is 4.79 Å². The van der Waals surface area contributed by atoms with Crippen LogP contribution in [0.1, 0.15) is 431 Å². The maximum absolute atomic E-state index is 13.0. The molecule has 0 rings (SSSR count). The standard InChI is InChI=1S/C83H159NO8/c1-6-8-10-12-14-16-18-20-22-24-26-28-30-32-34-35-36-37-38-39-40-41-42-43-44-45-46-48-49-51-53-55-57-59-61-63-65-67-69-71-73-80(85)90-77-79(78-91-83(82(87)88)89-76-75-84(3,4)5)92-81(86)74-72-70-68-66-64-62-60-58-56-54-52-50-47-33-31-29-27-25-23-21-19-17-15-13-11-9-7-2/h19,21,25,27,79,83H,6-18,20,22-24,26,28-78H2,1-5H3/p+1/b21-19-,27-25-. The zero-order valence-electron chi connectivity index (χ0n) is 62.5. The first kappa shape index (κ1) is 89.8. The normalized spacial score (nSPS) is 12.7. The number of aliphatic carboxylic acids is 1. The Morgan fingerprint density at radius 2 is 0.587 bits per heavy atom. The van der Waals surface area contributed by atoms with E-state index in [9.17, 15) is 19.5 Å². The number of hydrogen-bond donors (Lipinski definition) is 1. The van der Waals surface area contributed by atoms with E-state index < -0.39 is 18.4 Å². The molecule has 0 fully saturated rings. The van der Waals surface area contributed by atoms with Gasteiger partial charge in [0.2, 0.25) is 0 Å². The van der Waals surface area contributed by atoms with Crippen molar-refractivity contribution in [1.29, 1.82) is 0 Å². The van der Waals surface area contributed by atoms with Crippen molar-refractivity contribution in [2.75, 3.05) is 47.5 Å². The molecule has 0 aromatic rings. The molecule has 0 spiro atoms. The molecular formula is C83H160NO8+. The summed E-state index contributed by atoms with van der Waals surface area (Å²) in [4.78, 5) is 37.7. The largest absolute Gasteiger partial charge is 0.477 e. The van der Waals surface area contributed by atoms with Crippen molar-refractivity contribution in [3.63, 3.8) is 0 Å². The summed E-state index contributed by atoms with van der Waals surface area (Å²) < 4.78 is 23.1. The lowest BCUT2D eigenvalue weighted by molar-refractivity contribution is -0.870. The van der Waals surface area contributed by atoms with Crippen LogP contribution in [0.4, 0.5) is 0 Å². The van der Waals surface area contributed by atoms with Crippen molar-refractivity contribution in [3.8, 4) is 0 Å². The number of carbonyl (C=O) groups is 3. The molecule has 0 saturated heterocycles. The average Bonchev–Trinajstić information content (AvgIpc) is 3.70. The van der Waals surface area contributed by atoms with Crippen molar-refractivity contribution in [2.45, 2.75) is 444 Å². The number of carboxylic acid groups (broad SMARTS) is 1. The maximum atomic E-state index is 13.0. The zero-order chi connectivity index (χ0) is 66.8. The molecule has 0 bridgehead atoms. The SMILES string of the molecule is CCCCCCC/C=C\C/C=C\CCCCCCCCCCCCCCCCCC(=O)OC(COC(=O)CCCCCCCCCCCCCCCCCCCCCCCCCCCCCCCCCCCCCCCCCC)COC(OCC[N+](C)(C)C)C(=O)O. The highest BCUT2D eigenvalue weighted by Gasteiger charge is 2.25. The summed E-state index contributed by atoms with van der Waals surface area (Å²) in [5.74, 6) is -1.97. The molecule has 0 saturated carbocycles. The van der Waals surface area contributed by atoms with E-state index in [0.29, 0.717) is 17.4 Å². The fraction of sp³-hybridized carbons (Fsp3) is 0.916. The van der Waals surface area contributed by atoms with Crippen LogP contribution in [0.25, 0.3) is 0 Å². The van der Waals surface area contributed by atoms with Gasteiger partial charge in [0, 0.05) is 12.8 Å². The summed E-state index contributed by atoms with van der Waals surface area (Å²) in [7, 11) is 6.00. The minimum Gasteiger partial charge on any atom is -0.477 e. The van der Waals surface area contributed by atoms with E-state index in [4.69, 9.17) is 18.9 Å². The first-order valence-electron chi connectivity index (χ1n) is 41.0. The molecule has 92 heavy (non-hydrogen) atoms. The topological polar surface area (TPSA) is 108 Å². The third-order valence-electron chi connectivity index (χ3n) is 19.0. The predicted octanol–water partition coefficient (Wildman–Crippen LogP) is 26.1. The molecule has 2 atom stereocenters.